The standard InChI is InChI=1S/C17H23NO5S/c1-11(13-7-5-9-22-13)16(19)18-24(20,21)14-8-4-6-12-10-17(2,3)23-15(12)14/h4,6,8,11,13H,5,7,9-10H2,1-3H3,(H,18,19). The summed E-state index contributed by atoms with van der Waals surface area (Å²) in [4.78, 5) is 12.3. The normalized spacial score (nSPS) is 23.4. The zero-order valence-corrected chi connectivity index (χ0v) is 15.0. The van der Waals surface area contributed by atoms with Crippen LogP contribution in [0.25, 0.3) is 0 Å². The average molecular weight is 353 g/mol. The molecule has 2 aliphatic rings. The topological polar surface area (TPSA) is 81.7 Å². The van der Waals surface area contributed by atoms with Crippen molar-refractivity contribution in [1.29, 1.82) is 0 Å². The molecule has 1 amide bonds. The maximum absolute atomic E-state index is 12.7. The lowest BCUT2D eigenvalue weighted by Gasteiger charge is -2.20. The molecule has 2 aliphatic heterocycles. The molecule has 2 atom stereocenters. The van der Waals surface area contributed by atoms with Gasteiger partial charge in [-0.3, -0.25) is 4.79 Å². The van der Waals surface area contributed by atoms with Gasteiger partial charge >= 0.3 is 0 Å². The predicted molar refractivity (Wildman–Crippen MR) is 88.3 cm³/mol. The summed E-state index contributed by atoms with van der Waals surface area (Å²) in [6.45, 7) is 6.11. The summed E-state index contributed by atoms with van der Waals surface area (Å²) in [5.74, 6) is -0.722. The molecule has 0 aromatic heterocycles. The minimum absolute atomic E-state index is 0.0125. The third-order valence-corrected chi connectivity index (χ3v) is 5.89. The second-order valence-corrected chi connectivity index (χ2v) is 8.74. The van der Waals surface area contributed by atoms with Gasteiger partial charge in [-0.25, -0.2) is 13.1 Å². The number of carbonyl (C=O) groups excluding carboxylic acids is 1. The number of fused-ring (bicyclic) bond motifs is 1. The Morgan fingerprint density at radius 1 is 1.38 bits per heavy atom. The molecule has 2 unspecified atom stereocenters. The summed E-state index contributed by atoms with van der Waals surface area (Å²) in [5.41, 5.74) is 0.380. The van der Waals surface area contributed by atoms with Crippen LogP contribution in [0.5, 0.6) is 5.75 Å². The molecule has 1 saturated heterocycles. The van der Waals surface area contributed by atoms with Crippen LogP contribution in [0, 0.1) is 5.92 Å². The molecule has 1 fully saturated rings. The Hall–Kier alpha value is -1.60. The molecule has 1 N–H and O–H groups in total. The van der Waals surface area contributed by atoms with Crippen molar-refractivity contribution in [2.45, 2.75) is 56.6 Å². The fraction of sp³-hybridized carbons (Fsp3) is 0.588. The molecule has 1 aromatic carbocycles. The van der Waals surface area contributed by atoms with Crippen LogP contribution in [-0.2, 0) is 26.0 Å². The van der Waals surface area contributed by atoms with E-state index in [1.165, 1.54) is 6.07 Å². The molecule has 6 nitrogen and oxygen atoms in total. The molecule has 1 aromatic rings. The highest BCUT2D eigenvalue weighted by atomic mass is 32.2. The van der Waals surface area contributed by atoms with Gasteiger partial charge in [0.1, 0.15) is 16.2 Å². The van der Waals surface area contributed by atoms with Gasteiger partial charge in [-0.05, 0) is 38.3 Å². The smallest absolute Gasteiger partial charge is 0.267 e. The van der Waals surface area contributed by atoms with Crippen molar-refractivity contribution in [2.75, 3.05) is 6.61 Å². The first kappa shape index (κ1) is 17.2. The minimum Gasteiger partial charge on any atom is -0.486 e. The molecule has 7 heteroatoms. The van der Waals surface area contributed by atoms with E-state index in [0.29, 0.717) is 18.8 Å². The van der Waals surface area contributed by atoms with Crippen LogP contribution < -0.4 is 9.46 Å². The Labute approximate surface area is 142 Å². The molecule has 0 spiro atoms. The molecule has 0 radical (unpaired) electrons. The van der Waals surface area contributed by atoms with Crippen molar-refractivity contribution in [2.24, 2.45) is 5.92 Å². The average Bonchev–Trinajstić information content (AvgIpc) is 3.10. The summed E-state index contributed by atoms with van der Waals surface area (Å²) in [6, 6.07) is 4.98. The first-order chi connectivity index (χ1) is 11.2. The van der Waals surface area contributed by atoms with Gasteiger partial charge in [-0.2, -0.15) is 0 Å². The second-order valence-electron chi connectivity index (χ2n) is 7.09. The lowest BCUT2D eigenvalue weighted by molar-refractivity contribution is -0.126. The Bertz CT molecular complexity index is 750. The van der Waals surface area contributed by atoms with Gasteiger partial charge in [-0.1, -0.05) is 19.1 Å². The number of rotatable bonds is 4. The Kier molecular flexibility index (Phi) is 4.34. The number of ether oxygens (including phenoxy) is 2. The fourth-order valence-electron chi connectivity index (χ4n) is 3.25. The van der Waals surface area contributed by atoms with Crippen LogP contribution in [0.2, 0.25) is 0 Å². The van der Waals surface area contributed by atoms with E-state index in [9.17, 15) is 13.2 Å². The van der Waals surface area contributed by atoms with Gasteiger partial charge in [-0.15, -0.1) is 0 Å². The van der Waals surface area contributed by atoms with Crippen LogP contribution in [0.1, 0.15) is 39.2 Å². The molecule has 2 heterocycles. The largest absolute Gasteiger partial charge is 0.486 e. The highest BCUT2D eigenvalue weighted by Gasteiger charge is 2.36. The SMILES string of the molecule is CC(C(=O)NS(=O)(=O)c1cccc2c1OC(C)(C)C2)C1CCCO1. The van der Waals surface area contributed by atoms with Crippen molar-refractivity contribution in [3.05, 3.63) is 23.8 Å². The van der Waals surface area contributed by atoms with Crippen LogP contribution in [0.4, 0.5) is 0 Å². The maximum atomic E-state index is 12.7. The number of sulfonamides is 1. The van der Waals surface area contributed by atoms with E-state index >= 15 is 0 Å². The number of hydrogen-bond donors (Lipinski definition) is 1. The van der Waals surface area contributed by atoms with Gasteiger partial charge in [0.2, 0.25) is 5.91 Å². The molecular weight excluding hydrogens is 330 g/mol. The van der Waals surface area contributed by atoms with E-state index in [0.717, 1.165) is 18.4 Å². The van der Waals surface area contributed by atoms with Gasteiger partial charge in [0.15, 0.2) is 0 Å². The first-order valence-electron chi connectivity index (χ1n) is 8.19. The van der Waals surface area contributed by atoms with Crippen molar-refractivity contribution in [1.82, 2.24) is 4.72 Å². The maximum Gasteiger partial charge on any atom is 0.267 e. The van der Waals surface area contributed by atoms with E-state index in [-0.39, 0.29) is 11.0 Å². The number of nitrogens with one attached hydrogen (secondary N) is 1. The summed E-state index contributed by atoms with van der Waals surface area (Å²) in [6.07, 6.45) is 2.07. The van der Waals surface area contributed by atoms with E-state index in [1.54, 1.807) is 13.0 Å². The summed E-state index contributed by atoms with van der Waals surface area (Å²) in [7, 11) is -3.99. The lowest BCUT2D eigenvalue weighted by Crippen LogP contribution is -2.39. The molecule has 24 heavy (non-hydrogen) atoms. The molecule has 3 rings (SSSR count). The van der Waals surface area contributed by atoms with E-state index < -0.39 is 27.4 Å². The fourth-order valence-corrected chi connectivity index (χ4v) is 4.48. The second kappa shape index (κ2) is 6.04. The number of hydrogen-bond acceptors (Lipinski definition) is 5. The molecule has 0 saturated carbocycles. The third-order valence-electron chi connectivity index (χ3n) is 4.52. The summed E-state index contributed by atoms with van der Waals surface area (Å²) in [5, 5.41) is 0. The number of carbonyl (C=O) groups is 1. The zero-order chi connectivity index (χ0) is 17.5. The molecular formula is C17H23NO5S. The monoisotopic (exact) mass is 353 g/mol. The van der Waals surface area contributed by atoms with Crippen molar-refractivity contribution in [3.8, 4) is 5.75 Å². The summed E-state index contributed by atoms with van der Waals surface area (Å²) >= 11 is 0. The quantitative estimate of drug-likeness (QED) is 0.895. The van der Waals surface area contributed by atoms with Gasteiger partial charge in [0.05, 0.1) is 12.0 Å². The van der Waals surface area contributed by atoms with Crippen molar-refractivity contribution in [3.63, 3.8) is 0 Å². The van der Waals surface area contributed by atoms with Crippen molar-refractivity contribution >= 4 is 15.9 Å². The number of amides is 1. The summed E-state index contributed by atoms with van der Waals surface area (Å²) < 4.78 is 38.8. The van der Waals surface area contributed by atoms with Crippen LogP contribution >= 0.6 is 0 Å². The van der Waals surface area contributed by atoms with Crippen LogP contribution in [0.3, 0.4) is 0 Å². The molecule has 0 bridgehead atoms. The van der Waals surface area contributed by atoms with Crippen LogP contribution in [-0.4, -0.2) is 32.6 Å². The number of benzene rings is 1. The Balaban J connectivity index is 1.82. The van der Waals surface area contributed by atoms with Crippen molar-refractivity contribution < 1.29 is 22.7 Å². The highest BCUT2D eigenvalue weighted by Crippen LogP contribution is 2.39. The van der Waals surface area contributed by atoms with Gasteiger partial charge in [0, 0.05) is 13.0 Å². The van der Waals surface area contributed by atoms with Gasteiger partial charge < -0.3 is 9.47 Å². The Morgan fingerprint density at radius 2 is 2.12 bits per heavy atom. The molecule has 0 aliphatic carbocycles. The van der Waals surface area contributed by atoms with E-state index in [2.05, 4.69) is 4.72 Å². The first-order valence-corrected chi connectivity index (χ1v) is 9.67. The Morgan fingerprint density at radius 3 is 2.79 bits per heavy atom. The van der Waals surface area contributed by atoms with Crippen LogP contribution in [0.15, 0.2) is 23.1 Å². The molecule has 132 valence electrons. The zero-order valence-electron chi connectivity index (χ0n) is 14.2. The third kappa shape index (κ3) is 3.28. The lowest BCUT2D eigenvalue weighted by atomic mass is 10.0. The predicted octanol–water partition coefficient (Wildman–Crippen LogP) is 2.02. The highest BCUT2D eigenvalue weighted by molar-refractivity contribution is 7.90. The van der Waals surface area contributed by atoms with E-state index in [1.807, 2.05) is 19.9 Å². The minimum atomic E-state index is -3.99. The van der Waals surface area contributed by atoms with E-state index in [4.69, 9.17) is 9.47 Å². The number of para-hydroxylation sites is 1. The van der Waals surface area contributed by atoms with Gasteiger partial charge in [0.25, 0.3) is 10.0 Å².